The van der Waals surface area contributed by atoms with Gasteiger partial charge >= 0.3 is 0 Å². The van der Waals surface area contributed by atoms with Gasteiger partial charge in [0.05, 0.1) is 24.5 Å². The van der Waals surface area contributed by atoms with Gasteiger partial charge in [0.25, 0.3) is 0 Å². The molecule has 0 saturated heterocycles. The molecule has 0 spiro atoms. The largest absolute Gasteiger partial charge is 0.358 e. The molecule has 0 amide bonds. The van der Waals surface area contributed by atoms with Gasteiger partial charge in [0, 0.05) is 41.2 Å². The second-order valence-corrected chi connectivity index (χ2v) is 13.6. The van der Waals surface area contributed by atoms with Crippen LogP contribution in [-0.2, 0) is 18.0 Å². The van der Waals surface area contributed by atoms with Gasteiger partial charge in [-0.25, -0.2) is 19.7 Å². The van der Waals surface area contributed by atoms with Crippen molar-refractivity contribution in [3.05, 3.63) is 35.5 Å². The maximum Gasteiger partial charge on any atom is 0.139 e. The Hall–Kier alpha value is -1.31. The summed E-state index contributed by atoms with van der Waals surface area (Å²) in [5, 5.41) is 5.68. The molecule has 148 valence electrons. The van der Waals surface area contributed by atoms with Crippen LogP contribution >= 0.6 is 26.0 Å². The highest BCUT2D eigenvalue weighted by Crippen LogP contribution is 2.34. The Bertz CT molecular complexity index is 910. The Morgan fingerprint density at radius 1 is 1.19 bits per heavy atom. The van der Waals surface area contributed by atoms with E-state index in [0.29, 0.717) is 12.6 Å². The summed E-state index contributed by atoms with van der Waals surface area (Å²) in [6.45, 7) is 6.69. The number of hydrogen-bond acceptors (Lipinski definition) is 3. The lowest BCUT2D eigenvalue weighted by Gasteiger charge is -2.24. The zero-order valence-corrected chi connectivity index (χ0v) is 19.2. The first-order valence-corrected chi connectivity index (χ1v) is 13.0. The van der Waals surface area contributed by atoms with Crippen molar-refractivity contribution >= 4 is 36.9 Å². The van der Waals surface area contributed by atoms with Crippen molar-refractivity contribution in [3.63, 3.8) is 0 Å². The molecule has 0 bridgehead atoms. The third kappa shape index (κ3) is 5.36. The number of pyridine rings is 1. The lowest BCUT2D eigenvalue weighted by atomic mass is 10.1. The van der Waals surface area contributed by atoms with Crippen molar-refractivity contribution in [2.75, 3.05) is 31.1 Å². The van der Waals surface area contributed by atoms with Gasteiger partial charge in [0.15, 0.2) is 0 Å². The molecule has 0 atom stereocenters. The Labute approximate surface area is 171 Å². The highest BCUT2D eigenvalue weighted by atomic mass is 79.9. The van der Waals surface area contributed by atoms with E-state index in [1.54, 1.807) is 0 Å². The molecule has 3 heterocycles. The van der Waals surface area contributed by atoms with E-state index in [1.807, 2.05) is 17.1 Å². The van der Waals surface area contributed by atoms with Crippen molar-refractivity contribution in [1.29, 1.82) is 0 Å². The lowest BCUT2D eigenvalue weighted by molar-refractivity contribution is 0.0809. The molecular weight excluding hydrogens is 424 g/mol. The predicted octanol–water partition coefficient (Wildman–Crippen LogP) is 4.99. The van der Waals surface area contributed by atoms with Crippen molar-refractivity contribution in [2.24, 2.45) is 5.92 Å². The van der Waals surface area contributed by atoms with Crippen molar-refractivity contribution in [2.45, 2.75) is 27.1 Å². The van der Waals surface area contributed by atoms with Crippen LogP contribution in [0.1, 0.15) is 13.8 Å². The Balaban J connectivity index is 1.81. The van der Waals surface area contributed by atoms with Gasteiger partial charge in [-0.15, -0.1) is 0 Å². The fraction of sp³-hybridized carbons (Fsp3) is 0.500. The summed E-state index contributed by atoms with van der Waals surface area (Å²) in [6, 6.07) is 2.08. The Morgan fingerprint density at radius 3 is 2.67 bits per heavy atom. The molecule has 7 heteroatoms. The van der Waals surface area contributed by atoms with E-state index >= 15 is 0 Å². The second-order valence-electron chi connectivity index (χ2n) is 8.21. The molecule has 0 aliphatic heterocycles. The fourth-order valence-electron chi connectivity index (χ4n) is 2.98. The number of hydrogen-bond donors (Lipinski definition) is 0. The van der Waals surface area contributed by atoms with E-state index in [1.165, 1.54) is 10.9 Å². The molecule has 0 unspecified atom stereocenters. The molecular formula is C20H29BrN4OS. The van der Waals surface area contributed by atoms with Crippen LogP contribution in [0.25, 0.3) is 22.0 Å². The topological polar surface area (TPSA) is 44.9 Å². The average molecular weight is 453 g/mol. The number of nitrogens with zero attached hydrogens (tertiary/aromatic N) is 4. The van der Waals surface area contributed by atoms with Crippen molar-refractivity contribution in [1.82, 2.24) is 19.3 Å². The van der Waals surface area contributed by atoms with E-state index in [-0.39, 0.29) is 0 Å². The Morgan fingerprint density at radius 2 is 1.96 bits per heavy atom. The van der Waals surface area contributed by atoms with Gasteiger partial charge in [-0.1, -0.05) is 13.8 Å². The first-order valence-electron chi connectivity index (χ1n) is 9.14. The minimum atomic E-state index is -0.520. The summed E-state index contributed by atoms with van der Waals surface area (Å²) in [7, 11) is -0.520. The smallest absolute Gasteiger partial charge is 0.139 e. The molecule has 27 heavy (non-hydrogen) atoms. The van der Waals surface area contributed by atoms with E-state index in [2.05, 4.69) is 81.7 Å². The standard InChI is InChI=1S/C20H29BrN4OS/c1-15(2)11-24-13-18(17-8-20(21)22-10-19(17)24)16-9-23-25(12-16)14-26-6-7-27(3,4)5/h8-10,12-13,15H,6-7,11,14H2,1-5H3. The number of halogens is 1. The van der Waals surface area contributed by atoms with Crippen LogP contribution in [0.15, 0.2) is 35.5 Å². The van der Waals surface area contributed by atoms with Gasteiger partial charge < -0.3 is 9.30 Å². The normalized spacial score (nSPS) is 13.0. The van der Waals surface area contributed by atoms with E-state index in [0.717, 1.165) is 34.6 Å². The number of fused-ring (bicyclic) bond motifs is 1. The summed E-state index contributed by atoms with van der Waals surface area (Å²) >= 11 is 3.50. The number of rotatable bonds is 8. The third-order valence-electron chi connectivity index (χ3n) is 4.30. The fourth-order valence-corrected chi connectivity index (χ4v) is 3.93. The predicted molar refractivity (Wildman–Crippen MR) is 120 cm³/mol. The van der Waals surface area contributed by atoms with Gasteiger partial charge in [0.2, 0.25) is 0 Å². The van der Waals surface area contributed by atoms with Crippen LogP contribution < -0.4 is 0 Å². The van der Waals surface area contributed by atoms with Gasteiger partial charge in [-0.3, -0.25) is 0 Å². The van der Waals surface area contributed by atoms with E-state index < -0.39 is 10.0 Å². The van der Waals surface area contributed by atoms with Crippen molar-refractivity contribution < 1.29 is 4.74 Å². The molecule has 0 saturated carbocycles. The zero-order chi connectivity index (χ0) is 19.6. The third-order valence-corrected chi connectivity index (χ3v) is 6.13. The summed E-state index contributed by atoms with van der Waals surface area (Å²) < 4.78 is 10.8. The van der Waals surface area contributed by atoms with Crippen LogP contribution in [0, 0.1) is 5.92 Å². The maximum atomic E-state index is 5.81. The molecule has 0 fully saturated rings. The van der Waals surface area contributed by atoms with Gasteiger partial charge in [-0.05, 0) is 46.7 Å². The lowest BCUT2D eigenvalue weighted by Crippen LogP contribution is -2.10. The molecule has 3 aromatic heterocycles. The molecule has 3 rings (SSSR count). The van der Waals surface area contributed by atoms with Crippen molar-refractivity contribution in [3.8, 4) is 11.1 Å². The SMILES string of the molecule is CC(C)Cn1cc(-c2cnn(COCCS(C)(C)C)c2)c2cc(Br)ncc21. The van der Waals surface area contributed by atoms with E-state index in [4.69, 9.17) is 4.74 Å². The summed E-state index contributed by atoms with van der Waals surface area (Å²) in [5.74, 6) is 1.68. The van der Waals surface area contributed by atoms with Crippen LogP contribution in [-0.4, -0.2) is 50.5 Å². The minimum absolute atomic E-state index is 0.491. The molecule has 5 nitrogen and oxygen atoms in total. The zero-order valence-electron chi connectivity index (χ0n) is 16.8. The number of ether oxygens (including phenoxy) is 1. The minimum Gasteiger partial charge on any atom is -0.358 e. The first-order chi connectivity index (χ1) is 12.7. The van der Waals surface area contributed by atoms with Crippen LogP contribution in [0.5, 0.6) is 0 Å². The Kier molecular flexibility index (Phi) is 6.33. The highest BCUT2D eigenvalue weighted by Gasteiger charge is 2.14. The second kappa shape index (κ2) is 8.37. The molecule has 0 aliphatic carbocycles. The molecule has 0 aromatic carbocycles. The molecule has 3 aromatic rings. The number of aromatic nitrogens is 4. The molecule has 0 radical (unpaired) electrons. The quantitative estimate of drug-likeness (QED) is 0.357. The summed E-state index contributed by atoms with van der Waals surface area (Å²) in [6.07, 6.45) is 15.1. The van der Waals surface area contributed by atoms with Crippen LogP contribution in [0.2, 0.25) is 0 Å². The van der Waals surface area contributed by atoms with Gasteiger partial charge in [0.1, 0.15) is 11.3 Å². The monoisotopic (exact) mass is 452 g/mol. The summed E-state index contributed by atoms with van der Waals surface area (Å²) in [5.41, 5.74) is 3.43. The summed E-state index contributed by atoms with van der Waals surface area (Å²) in [4.78, 5) is 4.41. The van der Waals surface area contributed by atoms with E-state index in [9.17, 15) is 0 Å². The van der Waals surface area contributed by atoms with Crippen LogP contribution in [0.4, 0.5) is 0 Å². The van der Waals surface area contributed by atoms with Gasteiger partial charge in [-0.2, -0.15) is 5.10 Å². The maximum absolute atomic E-state index is 5.81. The average Bonchev–Trinajstić information content (AvgIpc) is 3.15. The highest BCUT2D eigenvalue weighted by molar-refractivity contribution is 9.10. The molecule has 0 N–H and O–H groups in total. The first kappa shape index (κ1) is 20.4. The van der Waals surface area contributed by atoms with Crippen LogP contribution in [0.3, 0.4) is 0 Å². The molecule has 0 aliphatic rings.